The first kappa shape index (κ1) is 26.6. The second kappa shape index (κ2) is 9.88. The number of hydrogen-bond acceptors (Lipinski definition) is 6. The zero-order chi connectivity index (χ0) is 21.9. The second-order valence-corrected chi connectivity index (χ2v) is 8.51. The molecule has 0 heterocycles. The van der Waals surface area contributed by atoms with Gasteiger partial charge in [-0.3, -0.25) is 0 Å². The molecule has 0 spiro atoms. The number of aromatic carboxylic acids is 2. The van der Waals surface area contributed by atoms with Crippen molar-refractivity contribution in [2.45, 2.75) is 52.4 Å². The van der Waals surface area contributed by atoms with E-state index in [0.717, 1.165) is 5.56 Å². The molecule has 7 heteroatoms. The van der Waals surface area contributed by atoms with E-state index in [1.807, 2.05) is 47.6 Å². The first-order valence-electron chi connectivity index (χ1n) is 8.75. The number of carbonyl (C=O) groups excluding carboxylic acids is 2. The van der Waals surface area contributed by atoms with Gasteiger partial charge in [-0.15, -0.1) is 0 Å². The van der Waals surface area contributed by atoms with E-state index in [0.29, 0.717) is 5.56 Å². The van der Waals surface area contributed by atoms with Crippen LogP contribution in [0.25, 0.3) is 0 Å². The number of para-hydroxylation sites is 1. The number of aromatic hydroxyl groups is 2. The Morgan fingerprint density at radius 2 is 1.28 bits per heavy atom. The molecule has 0 aliphatic rings. The van der Waals surface area contributed by atoms with Gasteiger partial charge in [-0.2, -0.15) is 0 Å². The summed E-state index contributed by atoms with van der Waals surface area (Å²) in [5, 5.41) is 40.2. The molecule has 0 saturated heterocycles. The van der Waals surface area contributed by atoms with E-state index >= 15 is 0 Å². The summed E-state index contributed by atoms with van der Waals surface area (Å²) in [6.45, 7) is 11.8. The van der Waals surface area contributed by atoms with Gasteiger partial charge < -0.3 is 30.0 Å². The first-order valence-corrected chi connectivity index (χ1v) is 8.75. The van der Waals surface area contributed by atoms with Crippen LogP contribution in [0.15, 0.2) is 36.4 Å². The maximum absolute atomic E-state index is 11.1. The molecule has 6 nitrogen and oxygen atoms in total. The average molecular weight is 452 g/mol. The molecule has 0 bridgehead atoms. The molecule has 0 radical (unpaired) electrons. The van der Waals surface area contributed by atoms with Crippen LogP contribution in [0.2, 0.25) is 0 Å². The molecular formula is C22H26O6Zn. The first-order chi connectivity index (χ1) is 12.7. The second-order valence-electron chi connectivity index (χ2n) is 8.51. The van der Waals surface area contributed by atoms with Crippen molar-refractivity contribution < 1.29 is 49.5 Å². The Kier molecular flexibility index (Phi) is 9.06. The minimum absolute atomic E-state index is 0. The van der Waals surface area contributed by atoms with Gasteiger partial charge in [0.2, 0.25) is 0 Å². The van der Waals surface area contributed by atoms with Gasteiger partial charge in [-0.1, -0.05) is 59.7 Å². The number of carbonyl (C=O) groups is 2. The number of carboxylic acid groups (broad SMARTS) is 2. The predicted molar refractivity (Wildman–Crippen MR) is 102 cm³/mol. The summed E-state index contributed by atoms with van der Waals surface area (Å²) >= 11 is 0. The summed E-state index contributed by atoms with van der Waals surface area (Å²) in [5.41, 5.74) is 0.696. The van der Waals surface area contributed by atoms with Gasteiger partial charge in [0.05, 0.1) is 11.9 Å². The molecule has 152 valence electrons. The molecule has 0 amide bonds. The van der Waals surface area contributed by atoms with E-state index in [-0.39, 0.29) is 52.9 Å². The standard InChI is InChI=1S/C15H22O3.C7H6O3.Zn/c1-14(2,3)9-7-10(13(17)18)12(16)11(8-9)15(4,5)6;8-6-4-2-1-3-5(6)7(9)10;/h7-8,16H,1-6H3,(H,17,18);1-4,8H,(H,9,10);/q;;+2/p-2. The number of carboxylic acids is 2. The van der Waals surface area contributed by atoms with Crippen molar-refractivity contribution in [2.75, 3.05) is 0 Å². The van der Waals surface area contributed by atoms with Crippen molar-refractivity contribution in [1.82, 2.24) is 0 Å². The molecule has 2 N–H and O–H groups in total. The van der Waals surface area contributed by atoms with Crippen LogP contribution in [0.1, 0.15) is 73.4 Å². The van der Waals surface area contributed by atoms with Gasteiger partial charge in [0.15, 0.2) is 0 Å². The van der Waals surface area contributed by atoms with Gasteiger partial charge in [0.1, 0.15) is 11.5 Å². The fraction of sp³-hybridized carbons (Fsp3) is 0.364. The third-order valence-corrected chi connectivity index (χ3v) is 4.13. The van der Waals surface area contributed by atoms with Crippen LogP contribution in [0.4, 0.5) is 0 Å². The van der Waals surface area contributed by atoms with E-state index in [2.05, 4.69) is 0 Å². The van der Waals surface area contributed by atoms with Crippen LogP contribution in [0, 0.1) is 0 Å². The Hall–Kier alpha value is -2.40. The van der Waals surface area contributed by atoms with E-state index in [1.54, 1.807) is 6.07 Å². The molecule has 0 aliphatic carbocycles. The normalized spacial score (nSPS) is 11.0. The van der Waals surface area contributed by atoms with Gasteiger partial charge in [0.25, 0.3) is 0 Å². The predicted octanol–water partition coefficient (Wildman–Crippen LogP) is 2.10. The smallest absolute Gasteiger partial charge is 0.545 e. The molecule has 29 heavy (non-hydrogen) atoms. The maximum Gasteiger partial charge on any atom is 2.00 e. The van der Waals surface area contributed by atoms with Crippen LogP contribution < -0.4 is 10.2 Å². The summed E-state index contributed by atoms with van der Waals surface area (Å²) < 4.78 is 0. The van der Waals surface area contributed by atoms with Gasteiger partial charge >= 0.3 is 19.5 Å². The molecule has 0 saturated carbocycles. The maximum atomic E-state index is 11.1. The number of phenols is 2. The van der Waals surface area contributed by atoms with Crippen molar-refractivity contribution >= 4 is 11.9 Å². The Labute approximate surface area is 184 Å². The third kappa shape index (κ3) is 7.17. The number of hydrogen-bond donors (Lipinski definition) is 2. The molecule has 0 aliphatic heterocycles. The topological polar surface area (TPSA) is 121 Å². The van der Waals surface area contributed by atoms with Gasteiger partial charge in [-0.05, 0) is 34.6 Å². The van der Waals surface area contributed by atoms with Gasteiger partial charge in [-0.25, -0.2) is 0 Å². The Balaban J connectivity index is 0.000000606. The van der Waals surface area contributed by atoms with Crippen LogP contribution in [0.3, 0.4) is 0 Å². The van der Waals surface area contributed by atoms with Crippen molar-refractivity contribution in [3.05, 3.63) is 58.7 Å². The third-order valence-electron chi connectivity index (χ3n) is 4.13. The largest absolute Gasteiger partial charge is 2.00 e. The minimum Gasteiger partial charge on any atom is -0.545 e. The molecule has 0 fully saturated rings. The Morgan fingerprint density at radius 3 is 1.62 bits per heavy atom. The summed E-state index contributed by atoms with van der Waals surface area (Å²) in [6, 6.07) is 9.02. The summed E-state index contributed by atoms with van der Waals surface area (Å²) in [7, 11) is 0. The molecular weight excluding hydrogens is 426 g/mol. The molecule has 2 rings (SSSR count). The van der Waals surface area contributed by atoms with Crippen LogP contribution in [0.5, 0.6) is 11.5 Å². The minimum atomic E-state index is -1.36. The number of rotatable bonds is 2. The van der Waals surface area contributed by atoms with E-state index in [4.69, 9.17) is 5.11 Å². The SMILES string of the molecule is CC(C)(C)c1cc(C(=O)[O-])c(O)c(C(C)(C)C)c1.O=C([O-])c1ccccc1O.[Zn+2]. The Bertz CT molecular complexity index is 876. The monoisotopic (exact) mass is 450 g/mol. The zero-order valence-electron chi connectivity index (χ0n) is 17.7. The fourth-order valence-corrected chi connectivity index (χ4v) is 2.44. The fourth-order valence-electron chi connectivity index (χ4n) is 2.44. The van der Waals surface area contributed by atoms with Crippen molar-refractivity contribution in [2.24, 2.45) is 0 Å². The Morgan fingerprint density at radius 1 is 0.793 bits per heavy atom. The van der Waals surface area contributed by atoms with E-state index in [1.165, 1.54) is 24.3 Å². The molecule has 0 atom stereocenters. The van der Waals surface area contributed by atoms with Crippen LogP contribution in [-0.4, -0.2) is 22.2 Å². The molecule has 2 aromatic carbocycles. The van der Waals surface area contributed by atoms with E-state index < -0.39 is 11.9 Å². The van der Waals surface area contributed by atoms with Crippen molar-refractivity contribution in [3.8, 4) is 11.5 Å². The molecule has 0 aromatic heterocycles. The molecule has 2 aromatic rings. The van der Waals surface area contributed by atoms with Crippen molar-refractivity contribution in [3.63, 3.8) is 0 Å². The molecule has 0 unspecified atom stereocenters. The van der Waals surface area contributed by atoms with Crippen LogP contribution in [-0.2, 0) is 30.3 Å². The zero-order valence-corrected chi connectivity index (χ0v) is 20.7. The van der Waals surface area contributed by atoms with E-state index in [9.17, 15) is 24.9 Å². The summed E-state index contributed by atoms with van der Waals surface area (Å²) in [6.07, 6.45) is 0. The van der Waals surface area contributed by atoms with Gasteiger partial charge in [0, 0.05) is 16.7 Å². The summed E-state index contributed by atoms with van der Waals surface area (Å²) in [4.78, 5) is 21.3. The average Bonchev–Trinajstić information content (AvgIpc) is 2.53. The number of benzene rings is 2. The summed E-state index contributed by atoms with van der Waals surface area (Å²) in [5.74, 6) is -3.15. The quantitative estimate of drug-likeness (QED) is 0.674. The van der Waals surface area contributed by atoms with Crippen molar-refractivity contribution in [1.29, 1.82) is 0 Å². The van der Waals surface area contributed by atoms with Crippen LogP contribution >= 0.6 is 0 Å².